The number of amides is 1. The third-order valence-corrected chi connectivity index (χ3v) is 3.55. The summed E-state index contributed by atoms with van der Waals surface area (Å²) in [6.07, 6.45) is 8.03. The molecule has 18 heavy (non-hydrogen) atoms. The van der Waals surface area contributed by atoms with Gasteiger partial charge in [0.1, 0.15) is 0 Å². The summed E-state index contributed by atoms with van der Waals surface area (Å²) < 4.78 is 0. The zero-order valence-electron chi connectivity index (χ0n) is 10.2. The van der Waals surface area contributed by atoms with E-state index in [-0.39, 0.29) is 5.91 Å². The van der Waals surface area contributed by atoms with Gasteiger partial charge in [0, 0.05) is 6.21 Å². The Kier molecular flexibility index (Phi) is 4.76. The summed E-state index contributed by atoms with van der Waals surface area (Å²) >= 11 is 5.93. The third kappa shape index (κ3) is 3.57. The summed E-state index contributed by atoms with van der Waals surface area (Å²) in [5.41, 5.74) is 2.99. The number of hydrogen-bond acceptors (Lipinski definition) is 2. The molecule has 1 saturated carbocycles. The molecular weight excluding hydrogens is 248 g/mol. The zero-order chi connectivity index (χ0) is 12.8. The maximum Gasteiger partial charge on any atom is 0.272 e. The molecule has 2 rings (SSSR count). The molecule has 96 valence electrons. The normalized spacial score (nSPS) is 16.9. The Morgan fingerprint density at radius 3 is 2.72 bits per heavy atom. The molecule has 3 nitrogen and oxygen atoms in total. The highest BCUT2D eigenvalue weighted by Gasteiger charge is 2.11. The average Bonchev–Trinajstić information content (AvgIpc) is 2.40. The van der Waals surface area contributed by atoms with E-state index in [2.05, 4.69) is 10.5 Å². The lowest BCUT2D eigenvalue weighted by atomic mass is 9.90. The lowest BCUT2D eigenvalue weighted by Gasteiger charge is -2.16. The van der Waals surface area contributed by atoms with E-state index < -0.39 is 0 Å². The van der Waals surface area contributed by atoms with Gasteiger partial charge in [0.15, 0.2) is 0 Å². The van der Waals surface area contributed by atoms with Gasteiger partial charge in [-0.05, 0) is 30.9 Å². The molecule has 1 fully saturated rings. The minimum absolute atomic E-state index is 0.257. The molecule has 1 aliphatic carbocycles. The van der Waals surface area contributed by atoms with Crippen LogP contribution in [0.25, 0.3) is 0 Å². The molecule has 0 radical (unpaired) electrons. The van der Waals surface area contributed by atoms with E-state index in [1.54, 1.807) is 24.3 Å². The van der Waals surface area contributed by atoms with Crippen LogP contribution in [-0.2, 0) is 0 Å². The predicted octanol–water partition coefficient (Wildman–Crippen LogP) is 3.64. The number of rotatable bonds is 3. The van der Waals surface area contributed by atoms with Gasteiger partial charge in [-0.25, -0.2) is 5.43 Å². The second kappa shape index (κ2) is 6.55. The molecule has 1 N–H and O–H groups in total. The van der Waals surface area contributed by atoms with E-state index in [0.29, 0.717) is 16.5 Å². The molecule has 0 unspecified atom stereocenters. The van der Waals surface area contributed by atoms with Crippen LogP contribution in [0.15, 0.2) is 29.4 Å². The topological polar surface area (TPSA) is 41.5 Å². The number of halogens is 1. The van der Waals surface area contributed by atoms with Gasteiger partial charge in [0.05, 0.1) is 10.6 Å². The van der Waals surface area contributed by atoms with Crippen molar-refractivity contribution in [3.8, 4) is 0 Å². The molecule has 1 aromatic carbocycles. The highest BCUT2D eigenvalue weighted by atomic mass is 35.5. The number of hydrogen-bond donors (Lipinski definition) is 1. The number of hydrazone groups is 1. The lowest BCUT2D eigenvalue weighted by molar-refractivity contribution is 0.0955. The Bertz CT molecular complexity index is 439. The number of nitrogens with one attached hydrogen (secondary N) is 1. The monoisotopic (exact) mass is 264 g/mol. The molecule has 0 saturated heterocycles. The fourth-order valence-electron chi connectivity index (χ4n) is 2.19. The minimum Gasteiger partial charge on any atom is -0.267 e. The first-order valence-corrected chi connectivity index (χ1v) is 6.73. The van der Waals surface area contributed by atoms with Crippen LogP contribution in [0.3, 0.4) is 0 Å². The van der Waals surface area contributed by atoms with Crippen molar-refractivity contribution in [3.63, 3.8) is 0 Å². The second-order valence-electron chi connectivity index (χ2n) is 4.60. The van der Waals surface area contributed by atoms with Gasteiger partial charge in [-0.15, -0.1) is 0 Å². The Hall–Kier alpha value is -1.35. The van der Waals surface area contributed by atoms with Crippen LogP contribution < -0.4 is 5.43 Å². The standard InChI is InChI=1S/C14H17ClN2O/c15-13-9-5-4-8-12(13)14(18)17-16-10-11-6-2-1-3-7-11/h4-5,8-11H,1-3,6-7H2,(H,17,18)/b16-10+. The highest BCUT2D eigenvalue weighted by molar-refractivity contribution is 6.33. The average molecular weight is 265 g/mol. The van der Waals surface area contributed by atoms with Crippen LogP contribution in [0.4, 0.5) is 0 Å². The first kappa shape index (κ1) is 13.1. The summed E-state index contributed by atoms with van der Waals surface area (Å²) in [5, 5.41) is 4.48. The van der Waals surface area contributed by atoms with E-state index >= 15 is 0 Å². The summed E-state index contributed by atoms with van der Waals surface area (Å²) in [6, 6.07) is 6.96. The fraction of sp³-hybridized carbons (Fsp3) is 0.429. The van der Waals surface area contributed by atoms with Crippen molar-refractivity contribution in [2.45, 2.75) is 32.1 Å². The Morgan fingerprint density at radius 2 is 2.00 bits per heavy atom. The zero-order valence-corrected chi connectivity index (χ0v) is 11.0. The van der Waals surface area contributed by atoms with Crippen LogP contribution in [0.1, 0.15) is 42.5 Å². The first-order chi connectivity index (χ1) is 8.77. The SMILES string of the molecule is O=C(N/N=C/C1CCCCC1)c1ccccc1Cl. The number of carbonyl (C=O) groups is 1. The van der Waals surface area contributed by atoms with Gasteiger partial charge in [0.2, 0.25) is 0 Å². The Balaban J connectivity index is 1.88. The molecule has 1 amide bonds. The van der Waals surface area contributed by atoms with E-state index in [0.717, 1.165) is 0 Å². The molecule has 1 aromatic rings. The smallest absolute Gasteiger partial charge is 0.267 e. The molecule has 0 spiro atoms. The predicted molar refractivity (Wildman–Crippen MR) is 74.0 cm³/mol. The third-order valence-electron chi connectivity index (χ3n) is 3.22. The molecule has 1 aliphatic rings. The maximum atomic E-state index is 11.8. The van der Waals surface area contributed by atoms with Crippen molar-refractivity contribution in [2.24, 2.45) is 11.0 Å². The number of nitrogens with zero attached hydrogens (tertiary/aromatic N) is 1. The van der Waals surface area contributed by atoms with Crippen molar-refractivity contribution < 1.29 is 4.79 Å². The van der Waals surface area contributed by atoms with Crippen LogP contribution in [-0.4, -0.2) is 12.1 Å². The van der Waals surface area contributed by atoms with Crippen LogP contribution in [0, 0.1) is 5.92 Å². The van der Waals surface area contributed by atoms with E-state index in [9.17, 15) is 4.79 Å². The van der Waals surface area contributed by atoms with E-state index in [4.69, 9.17) is 11.6 Å². The minimum atomic E-state index is -0.257. The summed E-state index contributed by atoms with van der Waals surface area (Å²) in [6.45, 7) is 0. The number of benzene rings is 1. The summed E-state index contributed by atoms with van der Waals surface area (Å²) in [5.74, 6) is 0.248. The van der Waals surface area contributed by atoms with E-state index in [1.165, 1.54) is 32.1 Å². The maximum absolute atomic E-state index is 11.8. The Labute approximate surface area is 112 Å². The van der Waals surface area contributed by atoms with Gasteiger partial charge >= 0.3 is 0 Å². The summed E-state index contributed by atoms with van der Waals surface area (Å²) in [4.78, 5) is 11.8. The van der Waals surface area contributed by atoms with Crippen molar-refractivity contribution in [3.05, 3.63) is 34.9 Å². The van der Waals surface area contributed by atoms with Crippen molar-refractivity contribution >= 4 is 23.7 Å². The second-order valence-corrected chi connectivity index (χ2v) is 5.00. The van der Waals surface area contributed by atoms with Crippen molar-refractivity contribution in [1.29, 1.82) is 0 Å². The quantitative estimate of drug-likeness (QED) is 0.657. The molecule has 0 heterocycles. The van der Waals surface area contributed by atoms with Gasteiger partial charge in [-0.1, -0.05) is 43.0 Å². The summed E-state index contributed by atoms with van der Waals surface area (Å²) in [7, 11) is 0. The van der Waals surface area contributed by atoms with Gasteiger partial charge in [-0.3, -0.25) is 4.79 Å². The van der Waals surface area contributed by atoms with Crippen LogP contribution >= 0.6 is 11.6 Å². The first-order valence-electron chi connectivity index (χ1n) is 6.35. The largest absolute Gasteiger partial charge is 0.272 e. The lowest BCUT2D eigenvalue weighted by Crippen LogP contribution is -2.19. The van der Waals surface area contributed by atoms with Gasteiger partial charge < -0.3 is 0 Å². The van der Waals surface area contributed by atoms with E-state index in [1.807, 2.05) is 6.21 Å². The highest BCUT2D eigenvalue weighted by Crippen LogP contribution is 2.21. The molecule has 0 atom stereocenters. The van der Waals surface area contributed by atoms with Crippen molar-refractivity contribution in [1.82, 2.24) is 5.43 Å². The molecular formula is C14H17ClN2O. The van der Waals surface area contributed by atoms with Gasteiger partial charge in [0.25, 0.3) is 5.91 Å². The number of carbonyl (C=O) groups excluding carboxylic acids is 1. The molecule has 0 bridgehead atoms. The Morgan fingerprint density at radius 1 is 1.28 bits per heavy atom. The fourth-order valence-corrected chi connectivity index (χ4v) is 2.41. The van der Waals surface area contributed by atoms with Crippen LogP contribution in [0.5, 0.6) is 0 Å². The molecule has 0 aliphatic heterocycles. The van der Waals surface area contributed by atoms with Crippen LogP contribution in [0.2, 0.25) is 5.02 Å². The molecule has 0 aromatic heterocycles. The molecule has 4 heteroatoms. The van der Waals surface area contributed by atoms with Gasteiger partial charge in [-0.2, -0.15) is 5.10 Å². The van der Waals surface area contributed by atoms with Crippen molar-refractivity contribution in [2.75, 3.05) is 0 Å².